The molecule has 0 saturated carbocycles. The van der Waals surface area contributed by atoms with E-state index in [0.29, 0.717) is 5.69 Å². The summed E-state index contributed by atoms with van der Waals surface area (Å²) in [5.41, 5.74) is 0.690. The van der Waals surface area contributed by atoms with Crippen LogP contribution in [-0.4, -0.2) is 23.0 Å². The van der Waals surface area contributed by atoms with E-state index < -0.39 is 16.6 Å². The number of nitro groups is 1. The van der Waals surface area contributed by atoms with Crippen LogP contribution < -0.4 is 4.90 Å². The van der Waals surface area contributed by atoms with Crippen LogP contribution in [0.15, 0.2) is 48.5 Å². The number of hydrogen-bond acceptors (Lipinski definition) is 4. The molecule has 1 N–H and O–H groups in total. The fraction of sp³-hybridized carbons (Fsp3) is 0.0714. The van der Waals surface area contributed by atoms with Gasteiger partial charge in [-0.3, -0.25) is 10.1 Å². The fourth-order valence-electron chi connectivity index (χ4n) is 1.86. The first-order valence-electron chi connectivity index (χ1n) is 5.81. The van der Waals surface area contributed by atoms with E-state index in [0.717, 1.165) is 5.69 Å². The van der Waals surface area contributed by atoms with Crippen molar-refractivity contribution in [2.45, 2.75) is 0 Å². The topological polar surface area (TPSA) is 83.7 Å². The summed E-state index contributed by atoms with van der Waals surface area (Å²) < 4.78 is 0. The zero-order valence-corrected chi connectivity index (χ0v) is 10.7. The van der Waals surface area contributed by atoms with Gasteiger partial charge in [-0.2, -0.15) is 0 Å². The molecule has 0 aliphatic carbocycles. The molecule has 0 aromatic heterocycles. The first-order chi connectivity index (χ1) is 9.50. The molecule has 0 heterocycles. The molecule has 20 heavy (non-hydrogen) atoms. The Morgan fingerprint density at radius 1 is 1.15 bits per heavy atom. The number of carbonyl (C=O) groups is 1. The van der Waals surface area contributed by atoms with E-state index in [1.54, 1.807) is 11.9 Å². The van der Waals surface area contributed by atoms with Gasteiger partial charge >= 0.3 is 5.97 Å². The Kier molecular flexibility index (Phi) is 3.65. The molecule has 6 heteroatoms. The van der Waals surface area contributed by atoms with Crippen LogP contribution in [0.2, 0.25) is 0 Å². The maximum absolute atomic E-state index is 11.1. The van der Waals surface area contributed by atoms with E-state index in [9.17, 15) is 14.9 Å². The molecular formula is C14H12N2O4. The minimum atomic E-state index is -1.32. The Morgan fingerprint density at radius 2 is 1.80 bits per heavy atom. The van der Waals surface area contributed by atoms with E-state index in [4.69, 9.17) is 5.11 Å². The maximum atomic E-state index is 11.1. The van der Waals surface area contributed by atoms with Crippen molar-refractivity contribution in [3.8, 4) is 0 Å². The molecule has 0 unspecified atom stereocenters. The molecule has 2 aromatic rings. The second kappa shape index (κ2) is 5.40. The van der Waals surface area contributed by atoms with Crippen molar-refractivity contribution in [2.75, 3.05) is 11.9 Å². The van der Waals surface area contributed by atoms with Gasteiger partial charge in [0.05, 0.1) is 4.92 Å². The average Bonchev–Trinajstić information content (AvgIpc) is 2.46. The zero-order chi connectivity index (χ0) is 14.7. The first kappa shape index (κ1) is 13.5. The third kappa shape index (κ3) is 2.59. The van der Waals surface area contributed by atoms with Crippen molar-refractivity contribution < 1.29 is 14.8 Å². The minimum Gasteiger partial charge on any atom is -0.477 e. The number of anilines is 2. The van der Waals surface area contributed by atoms with Gasteiger partial charge in [0, 0.05) is 24.5 Å². The zero-order valence-electron chi connectivity index (χ0n) is 10.7. The number of rotatable bonds is 4. The molecule has 0 amide bonds. The highest BCUT2D eigenvalue weighted by molar-refractivity contribution is 5.94. The SMILES string of the molecule is CN(c1ccccc1)c1ccc([N+](=O)[O-])c(C(=O)O)c1. The molecule has 0 bridgehead atoms. The monoisotopic (exact) mass is 272 g/mol. The molecule has 0 aliphatic rings. The third-order valence-corrected chi connectivity index (χ3v) is 2.94. The number of carboxylic acid groups (broad SMARTS) is 1. The van der Waals surface area contributed by atoms with Crippen molar-refractivity contribution >= 4 is 23.0 Å². The fourth-order valence-corrected chi connectivity index (χ4v) is 1.86. The lowest BCUT2D eigenvalue weighted by atomic mass is 10.1. The maximum Gasteiger partial charge on any atom is 0.342 e. The van der Waals surface area contributed by atoms with Crippen LogP contribution in [0.1, 0.15) is 10.4 Å². The predicted molar refractivity (Wildman–Crippen MR) is 74.6 cm³/mol. The molecule has 6 nitrogen and oxygen atoms in total. The van der Waals surface area contributed by atoms with Crippen molar-refractivity contribution in [3.05, 3.63) is 64.2 Å². The number of para-hydroxylation sites is 1. The van der Waals surface area contributed by atoms with Gasteiger partial charge < -0.3 is 10.0 Å². The van der Waals surface area contributed by atoms with Gasteiger partial charge in [-0.15, -0.1) is 0 Å². The van der Waals surface area contributed by atoms with Gasteiger partial charge in [0.15, 0.2) is 0 Å². The molecule has 0 saturated heterocycles. The van der Waals surface area contributed by atoms with Gasteiger partial charge in [0.25, 0.3) is 5.69 Å². The van der Waals surface area contributed by atoms with E-state index in [1.807, 2.05) is 30.3 Å². The highest BCUT2D eigenvalue weighted by Gasteiger charge is 2.21. The minimum absolute atomic E-state index is 0.324. The predicted octanol–water partition coefficient (Wildman–Crippen LogP) is 3.06. The lowest BCUT2D eigenvalue weighted by Crippen LogP contribution is -2.11. The van der Waals surface area contributed by atoms with E-state index in [2.05, 4.69) is 0 Å². The van der Waals surface area contributed by atoms with Gasteiger partial charge in [-0.05, 0) is 24.3 Å². The van der Waals surface area contributed by atoms with Gasteiger partial charge in [-0.1, -0.05) is 18.2 Å². The normalized spacial score (nSPS) is 10.1. The summed E-state index contributed by atoms with van der Waals surface area (Å²) >= 11 is 0. The largest absolute Gasteiger partial charge is 0.477 e. The number of nitrogens with zero attached hydrogens (tertiary/aromatic N) is 2. The second-order valence-corrected chi connectivity index (χ2v) is 4.16. The Balaban J connectivity index is 2.46. The summed E-state index contributed by atoms with van der Waals surface area (Å²) in [7, 11) is 1.77. The van der Waals surface area contributed by atoms with E-state index >= 15 is 0 Å². The van der Waals surface area contributed by atoms with Gasteiger partial charge in [0.1, 0.15) is 5.56 Å². The molecule has 0 atom stereocenters. The summed E-state index contributed by atoms with van der Waals surface area (Å²) in [5.74, 6) is -1.32. The molecule has 2 rings (SSSR count). The van der Waals surface area contributed by atoms with Gasteiger partial charge in [-0.25, -0.2) is 4.79 Å². The van der Waals surface area contributed by atoms with Crippen LogP contribution in [0.25, 0.3) is 0 Å². The van der Waals surface area contributed by atoms with Crippen LogP contribution >= 0.6 is 0 Å². The number of benzene rings is 2. The number of nitro benzene ring substituents is 1. The van der Waals surface area contributed by atoms with Gasteiger partial charge in [0.2, 0.25) is 0 Å². The summed E-state index contributed by atoms with van der Waals surface area (Å²) in [5, 5.41) is 19.9. The molecule has 102 valence electrons. The standard InChI is InChI=1S/C14H12N2O4/c1-15(10-5-3-2-4-6-10)11-7-8-13(16(19)20)12(9-11)14(17)18/h2-9H,1H3,(H,17,18). The molecule has 0 aliphatic heterocycles. The van der Waals surface area contributed by atoms with Crippen molar-refractivity contribution in [1.82, 2.24) is 0 Å². The molecule has 0 spiro atoms. The Labute approximate surface area is 115 Å². The molecule has 2 aromatic carbocycles. The van der Waals surface area contributed by atoms with Crippen LogP contribution in [0.3, 0.4) is 0 Å². The molecule has 0 radical (unpaired) electrons. The number of aromatic carboxylic acids is 1. The van der Waals surface area contributed by atoms with Crippen LogP contribution in [0.5, 0.6) is 0 Å². The average molecular weight is 272 g/mol. The molecule has 0 fully saturated rings. The quantitative estimate of drug-likeness (QED) is 0.683. The highest BCUT2D eigenvalue weighted by Crippen LogP contribution is 2.28. The van der Waals surface area contributed by atoms with Crippen LogP contribution in [-0.2, 0) is 0 Å². The Bertz CT molecular complexity index is 655. The second-order valence-electron chi connectivity index (χ2n) is 4.16. The summed E-state index contributed by atoms with van der Waals surface area (Å²) in [6.07, 6.45) is 0. The van der Waals surface area contributed by atoms with Crippen molar-refractivity contribution in [2.24, 2.45) is 0 Å². The summed E-state index contributed by atoms with van der Waals surface area (Å²) in [4.78, 5) is 23.0. The Morgan fingerprint density at radius 3 is 2.35 bits per heavy atom. The van der Waals surface area contributed by atoms with Crippen molar-refractivity contribution in [1.29, 1.82) is 0 Å². The summed E-state index contributed by atoms with van der Waals surface area (Å²) in [6, 6.07) is 13.3. The molecular weight excluding hydrogens is 260 g/mol. The van der Waals surface area contributed by atoms with Crippen molar-refractivity contribution in [3.63, 3.8) is 0 Å². The Hall–Kier alpha value is -2.89. The highest BCUT2D eigenvalue weighted by atomic mass is 16.6. The third-order valence-electron chi connectivity index (χ3n) is 2.94. The lowest BCUT2D eigenvalue weighted by Gasteiger charge is -2.19. The number of carboxylic acids is 1. The smallest absolute Gasteiger partial charge is 0.342 e. The number of hydrogen-bond donors (Lipinski definition) is 1. The van der Waals surface area contributed by atoms with E-state index in [-0.39, 0.29) is 5.56 Å². The van der Waals surface area contributed by atoms with E-state index in [1.165, 1.54) is 18.2 Å². The lowest BCUT2D eigenvalue weighted by molar-refractivity contribution is -0.385. The first-order valence-corrected chi connectivity index (χ1v) is 5.81. The summed E-state index contributed by atoms with van der Waals surface area (Å²) in [6.45, 7) is 0. The van der Waals surface area contributed by atoms with Crippen LogP contribution in [0.4, 0.5) is 17.1 Å². The van der Waals surface area contributed by atoms with Crippen LogP contribution in [0, 0.1) is 10.1 Å².